The minimum absolute atomic E-state index is 0.0635. The van der Waals surface area contributed by atoms with Crippen LogP contribution in [-0.4, -0.2) is 22.3 Å². The van der Waals surface area contributed by atoms with Gasteiger partial charge in [-0.2, -0.15) is 0 Å². The average molecular weight is 266 g/mol. The lowest BCUT2D eigenvalue weighted by atomic mass is 10.2. The van der Waals surface area contributed by atoms with Crippen molar-refractivity contribution < 1.29 is 14.6 Å². The van der Waals surface area contributed by atoms with E-state index in [2.05, 4.69) is 9.98 Å². The molecule has 5 heteroatoms. The van der Waals surface area contributed by atoms with Gasteiger partial charge in [0, 0.05) is 11.8 Å². The number of carboxylic acid groups (broad SMARTS) is 1. The van der Waals surface area contributed by atoms with Gasteiger partial charge in [-0.25, -0.2) is 9.78 Å². The molecule has 0 unspecified atom stereocenters. The molecule has 0 amide bonds. The Labute approximate surface area is 114 Å². The van der Waals surface area contributed by atoms with Crippen LogP contribution in [0.2, 0.25) is 0 Å². The molecule has 2 aromatic rings. The van der Waals surface area contributed by atoms with Crippen LogP contribution in [-0.2, 0) is 0 Å². The third-order valence-electron chi connectivity index (χ3n) is 2.78. The number of pyridine rings is 1. The molecular formula is C15H10N2O3. The number of carboxylic acids is 1. The number of nitrogens with zero attached hydrogens (tertiary/aromatic N) is 2. The smallest absolute Gasteiger partial charge is 0.354 e. The normalized spacial score (nSPS) is 12.9. The lowest BCUT2D eigenvalue weighted by molar-refractivity contribution is 0.0689. The number of hydrogen-bond donors (Lipinski definition) is 1. The zero-order valence-corrected chi connectivity index (χ0v) is 10.4. The Morgan fingerprint density at radius 2 is 1.90 bits per heavy atom. The van der Waals surface area contributed by atoms with Crippen molar-refractivity contribution in [3.63, 3.8) is 0 Å². The molecule has 5 nitrogen and oxygen atoms in total. The summed E-state index contributed by atoms with van der Waals surface area (Å²) in [5, 5.41) is 8.97. The van der Waals surface area contributed by atoms with E-state index in [1.807, 2.05) is 30.3 Å². The van der Waals surface area contributed by atoms with Crippen molar-refractivity contribution in [2.45, 2.75) is 0 Å². The summed E-state index contributed by atoms with van der Waals surface area (Å²) >= 11 is 0. The van der Waals surface area contributed by atoms with Gasteiger partial charge in [0.1, 0.15) is 0 Å². The van der Waals surface area contributed by atoms with Crippen molar-refractivity contribution in [1.82, 2.24) is 4.98 Å². The highest BCUT2D eigenvalue weighted by molar-refractivity contribution is 5.89. The van der Waals surface area contributed by atoms with E-state index in [1.54, 1.807) is 18.5 Å². The van der Waals surface area contributed by atoms with Crippen LogP contribution in [0.5, 0.6) is 5.88 Å². The van der Waals surface area contributed by atoms with E-state index in [0.29, 0.717) is 11.3 Å². The summed E-state index contributed by atoms with van der Waals surface area (Å²) in [7, 11) is 0. The van der Waals surface area contributed by atoms with Gasteiger partial charge in [-0.05, 0) is 12.1 Å². The molecule has 1 aliphatic heterocycles. The minimum atomic E-state index is -1.09. The number of aromatic carboxylic acids is 1. The van der Waals surface area contributed by atoms with Crippen molar-refractivity contribution in [1.29, 1.82) is 0 Å². The second kappa shape index (κ2) is 4.97. The molecule has 0 atom stereocenters. The van der Waals surface area contributed by atoms with Crippen LogP contribution in [0.4, 0.5) is 0 Å². The summed E-state index contributed by atoms with van der Waals surface area (Å²) in [6.07, 6.45) is 3.17. The molecular weight excluding hydrogens is 256 g/mol. The fourth-order valence-electron chi connectivity index (χ4n) is 1.80. The highest BCUT2D eigenvalue weighted by atomic mass is 16.5. The number of aliphatic imine (C=N–C) groups is 1. The van der Waals surface area contributed by atoms with E-state index < -0.39 is 5.97 Å². The third kappa shape index (κ3) is 2.29. The van der Waals surface area contributed by atoms with Gasteiger partial charge in [0.25, 0.3) is 0 Å². The molecule has 1 aliphatic rings. The fraction of sp³-hybridized carbons (Fsp3) is 0. The molecule has 98 valence electrons. The number of hydrogen-bond acceptors (Lipinski definition) is 4. The Kier molecular flexibility index (Phi) is 3.01. The Bertz CT molecular complexity index is 721. The topological polar surface area (TPSA) is 71.8 Å². The Morgan fingerprint density at radius 3 is 2.65 bits per heavy atom. The van der Waals surface area contributed by atoms with E-state index in [0.717, 1.165) is 5.56 Å². The molecule has 1 aromatic carbocycles. The second-order valence-electron chi connectivity index (χ2n) is 4.14. The maximum atomic E-state index is 11.0. The number of carbonyl (C=O) groups is 1. The van der Waals surface area contributed by atoms with Crippen molar-refractivity contribution in [3.05, 3.63) is 65.5 Å². The van der Waals surface area contributed by atoms with Crippen LogP contribution >= 0.6 is 0 Å². The fourth-order valence-corrected chi connectivity index (χ4v) is 1.80. The third-order valence-corrected chi connectivity index (χ3v) is 2.78. The van der Waals surface area contributed by atoms with Gasteiger partial charge < -0.3 is 9.84 Å². The summed E-state index contributed by atoms with van der Waals surface area (Å²) in [5.41, 5.74) is 1.42. The quantitative estimate of drug-likeness (QED) is 0.906. The number of aromatic nitrogens is 1. The Balaban J connectivity index is 2.01. The molecule has 0 saturated heterocycles. The molecule has 0 saturated carbocycles. The van der Waals surface area contributed by atoms with Gasteiger partial charge in [-0.15, -0.1) is 0 Å². The summed E-state index contributed by atoms with van der Waals surface area (Å²) < 4.78 is 5.70. The molecule has 0 radical (unpaired) electrons. The Hall–Kier alpha value is -2.95. The number of fused-ring (bicyclic) bond motifs is 1. The molecule has 0 bridgehead atoms. The van der Waals surface area contributed by atoms with Crippen LogP contribution in [0.15, 0.2) is 53.7 Å². The first kappa shape index (κ1) is 12.1. The zero-order valence-electron chi connectivity index (χ0n) is 10.4. The van der Waals surface area contributed by atoms with Crippen LogP contribution in [0.3, 0.4) is 0 Å². The van der Waals surface area contributed by atoms with E-state index in [4.69, 9.17) is 9.84 Å². The van der Waals surface area contributed by atoms with Gasteiger partial charge in [0.15, 0.2) is 11.5 Å². The summed E-state index contributed by atoms with van der Waals surface area (Å²) in [5.74, 6) is -0.334. The maximum absolute atomic E-state index is 11.0. The van der Waals surface area contributed by atoms with E-state index >= 15 is 0 Å². The van der Waals surface area contributed by atoms with Crippen molar-refractivity contribution >= 4 is 17.9 Å². The first-order chi connectivity index (χ1) is 9.74. The first-order valence-corrected chi connectivity index (χ1v) is 5.95. The molecule has 1 N–H and O–H groups in total. The molecule has 0 spiro atoms. The van der Waals surface area contributed by atoms with E-state index in [-0.39, 0.29) is 11.6 Å². The lowest BCUT2D eigenvalue weighted by Gasteiger charge is -2.09. The van der Waals surface area contributed by atoms with Crippen molar-refractivity contribution in [3.8, 4) is 5.88 Å². The molecule has 1 aromatic heterocycles. The highest BCUT2D eigenvalue weighted by Gasteiger charge is 2.15. The van der Waals surface area contributed by atoms with Crippen LogP contribution < -0.4 is 4.74 Å². The molecule has 0 fully saturated rings. The minimum Gasteiger partial charge on any atom is -0.477 e. The Morgan fingerprint density at radius 1 is 1.10 bits per heavy atom. The van der Waals surface area contributed by atoms with Crippen LogP contribution in [0.1, 0.15) is 21.6 Å². The van der Waals surface area contributed by atoms with Crippen molar-refractivity contribution in [2.75, 3.05) is 0 Å². The molecule has 3 rings (SSSR count). The zero-order chi connectivity index (χ0) is 13.9. The second-order valence-corrected chi connectivity index (χ2v) is 4.14. The summed E-state index contributed by atoms with van der Waals surface area (Å²) in [6, 6.07) is 12.5. The number of rotatable bonds is 2. The lowest BCUT2D eigenvalue weighted by Crippen LogP contribution is -2.04. The predicted molar refractivity (Wildman–Crippen MR) is 73.8 cm³/mol. The molecule has 0 aliphatic carbocycles. The van der Waals surface area contributed by atoms with Gasteiger partial charge in [0.05, 0.1) is 11.8 Å². The van der Waals surface area contributed by atoms with Gasteiger partial charge >= 0.3 is 5.97 Å². The summed E-state index contributed by atoms with van der Waals surface area (Å²) in [6.45, 7) is 0. The average Bonchev–Trinajstić information content (AvgIpc) is 2.69. The molecule has 20 heavy (non-hydrogen) atoms. The van der Waals surface area contributed by atoms with Crippen molar-refractivity contribution in [2.24, 2.45) is 4.99 Å². The number of ether oxygens (including phenoxy) is 1. The monoisotopic (exact) mass is 266 g/mol. The predicted octanol–water partition coefficient (Wildman–Crippen LogP) is 2.59. The maximum Gasteiger partial charge on any atom is 0.354 e. The van der Waals surface area contributed by atoms with E-state index in [1.165, 1.54) is 6.07 Å². The van der Waals surface area contributed by atoms with Gasteiger partial charge in [-0.1, -0.05) is 30.3 Å². The van der Waals surface area contributed by atoms with Gasteiger partial charge in [-0.3, -0.25) is 4.99 Å². The standard InChI is InChI=1S/C15H10N2O3/c18-15(19)12-7-6-11-8-16-9-13(20-14(11)17-12)10-4-2-1-3-5-10/h1-9H,(H,18,19). The first-order valence-electron chi connectivity index (χ1n) is 5.95. The number of benzene rings is 1. The van der Waals surface area contributed by atoms with Crippen LogP contribution in [0.25, 0.3) is 5.76 Å². The largest absolute Gasteiger partial charge is 0.477 e. The highest BCUT2D eigenvalue weighted by Crippen LogP contribution is 2.24. The van der Waals surface area contributed by atoms with Gasteiger partial charge in [0.2, 0.25) is 5.88 Å². The van der Waals surface area contributed by atoms with Crippen LogP contribution in [0, 0.1) is 0 Å². The SMILES string of the molecule is O=C(O)c1ccc2c(n1)OC(c1ccccc1)=CN=C2. The molecule has 2 heterocycles. The summed E-state index contributed by atoms with van der Waals surface area (Å²) in [4.78, 5) is 19.1. The van der Waals surface area contributed by atoms with E-state index in [9.17, 15) is 4.79 Å².